The van der Waals surface area contributed by atoms with Crippen LogP contribution in [-0.4, -0.2) is 44.5 Å². The molecule has 82 valence electrons. The summed E-state index contributed by atoms with van der Waals surface area (Å²) in [6.07, 6.45) is 3.03. The van der Waals surface area contributed by atoms with E-state index in [1.54, 1.807) is 0 Å². The topological polar surface area (TPSA) is 42.0 Å². The monoisotopic (exact) mass is 216 g/mol. The SMILES string of the molecule is C[SiH](C)C1(C(O)C2CO2)CCCCO1. The van der Waals surface area contributed by atoms with E-state index in [0.717, 1.165) is 19.4 Å². The first-order valence-corrected chi connectivity index (χ1v) is 8.49. The number of epoxide rings is 1. The first kappa shape index (κ1) is 10.6. The van der Waals surface area contributed by atoms with E-state index in [9.17, 15) is 5.11 Å². The highest BCUT2D eigenvalue weighted by molar-refractivity contribution is 6.59. The zero-order valence-corrected chi connectivity index (χ0v) is 10.2. The van der Waals surface area contributed by atoms with Gasteiger partial charge in [-0.3, -0.25) is 0 Å². The van der Waals surface area contributed by atoms with Crippen molar-refractivity contribution in [1.82, 2.24) is 0 Å². The maximum atomic E-state index is 10.2. The summed E-state index contributed by atoms with van der Waals surface area (Å²) in [6, 6.07) is 0. The Kier molecular flexibility index (Phi) is 2.97. The Labute approximate surface area is 87.0 Å². The fourth-order valence-electron chi connectivity index (χ4n) is 2.42. The molecule has 0 aliphatic carbocycles. The van der Waals surface area contributed by atoms with Gasteiger partial charge in [-0.15, -0.1) is 0 Å². The molecule has 0 aromatic carbocycles. The third kappa shape index (κ3) is 1.76. The average Bonchev–Trinajstić information content (AvgIpc) is 3.01. The van der Waals surface area contributed by atoms with Crippen molar-refractivity contribution in [2.24, 2.45) is 0 Å². The molecular formula is C10H20O3Si. The lowest BCUT2D eigenvalue weighted by Crippen LogP contribution is -2.58. The predicted molar refractivity (Wildman–Crippen MR) is 57.2 cm³/mol. The third-order valence-corrected chi connectivity index (χ3v) is 6.27. The summed E-state index contributed by atoms with van der Waals surface area (Å²) >= 11 is 0. The van der Waals surface area contributed by atoms with Crippen LogP contribution in [0, 0.1) is 0 Å². The second kappa shape index (κ2) is 3.93. The second-order valence-corrected chi connectivity index (χ2v) is 8.02. The lowest BCUT2D eigenvalue weighted by atomic mass is 10.0. The van der Waals surface area contributed by atoms with E-state index in [0.29, 0.717) is 6.61 Å². The van der Waals surface area contributed by atoms with Crippen molar-refractivity contribution < 1.29 is 14.6 Å². The van der Waals surface area contributed by atoms with Gasteiger partial charge in [-0.2, -0.15) is 0 Å². The molecule has 3 unspecified atom stereocenters. The van der Waals surface area contributed by atoms with Gasteiger partial charge in [0.25, 0.3) is 0 Å². The molecule has 0 aromatic heterocycles. The fourth-order valence-corrected chi connectivity index (χ4v) is 4.55. The molecule has 2 rings (SSSR count). The number of aliphatic hydroxyl groups is 1. The van der Waals surface area contributed by atoms with Crippen LogP contribution in [0.5, 0.6) is 0 Å². The molecule has 2 aliphatic heterocycles. The van der Waals surface area contributed by atoms with Gasteiger partial charge >= 0.3 is 0 Å². The summed E-state index contributed by atoms with van der Waals surface area (Å²) in [7, 11) is -1.01. The Bertz CT molecular complexity index is 198. The van der Waals surface area contributed by atoms with E-state index in [1.165, 1.54) is 6.42 Å². The van der Waals surface area contributed by atoms with Crippen molar-refractivity contribution in [3.05, 3.63) is 0 Å². The van der Waals surface area contributed by atoms with Crippen LogP contribution in [0.4, 0.5) is 0 Å². The largest absolute Gasteiger partial charge is 0.388 e. The Hall–Kier alpha value is 0.0969. The molecule has 2 heterocycles. The molecule has 14 heavy (non-hydrogen) atoms. The lowest BCUT2D eigenvalue weighted by molar-refractivity contribution is -0.105. The van der Waals surface area contributed by atoms with E-state index in [-0.39, 0.29) is 17.4 Å². The van der Waals surface area contributed by atoms with Crippen LogP contribution in [-0.2, 0) is 9.47 Å². The minimum atomic E-state index is -1.01. The predicted octanol–water partition coefficient (Wildman–Crippen LogP) is 0.711. The van der Waals surface area contributed by atoms with Crippen LogP contribution in [0.2, 0.25) is 13.1 Å². The molecule has 4 heteroatoms. The van der Waals surface area contributed by atoms with Gasteiger partial charge < -0.3 is 14.6 Å². The van der Waals surface area contributed by atoms with Gasteiger partial charge in [0.15, 0.2) is 0 Å². The van der Waals surface area contributed by atoms with Crippen LogP contribution in [0.25, 0.3) is 0 Å². The van der Waals surface area contributed by atoms with Crippen LogP contribution in [0.3, 0.4) is 0 Å². The van der Waals surface area contributed by atoms with E-state index in [2.05, 4.69) is 13.1 Å². The van der Waals surface area contributed by atoms with Crippen molar-refractivity contribution in [3.63, 3.8) is 0 Å². The Morgan fingerprint density at radius 1 is 1.43 bits per heavy atom. The highest BCUT2D eigenvalue weighted by atomic mass is 28.3. The highest BCUT2D eigenvalue weighted by Crippen LogP contribution is 2.35. The number of hydrogen-bond donors (Lipinski definition) is 1. The molecular weight excluding hydrogens is 196 g/mol. The smallest absolute Gasteiger partial charge is 0.109 e. The summed E-state index contributed by atoms with van der Waals surface area (Å²) in [5.41, 5.74) is 0. The summed E-state index contributed by atoms with van der Waals surface area (Å²) in [6.45, 7) is 6.05. The molecule has 1 N–H and O–H groups in total. The van der Waals surface area contributed by atoms with Crippen LogP contribution < -0.4 is 0 Å². The van der Waals surface area contributed by atoms with E-state index in [4.69, 9.17) is 9.47 Å². The Morgan fingerprint density at radius 3 is 2.57 bits per heavy atom. The Balaban J connectivity index is 2.10. The minimum absolute atomic E-state index is 0.0583. The van der Waals surface area contributed by atoms with Crippen molar-refractivity contribution in [2.75, 3.05) is 13.2 Å². The molecule has 0 aromatic rings. The summed E-state index contributed by atoms with van der Waals surface area (Å²) < 4.78 is 11.1. The second-order valence-electron chi connectivity index (χ2n) is 4.73. The van der Waals surface area contributed by atoms with E-state index < -0.39 is 8.80 Å². The maximum Gasteiger partial charge on any atom is 0.109 e. The number of aliphatic hydroxyl groups excluding tert-OH is 1. The van der Waals surface area contributed by atoms with E-state index >= 15 is 0 Å². The molecule has 2 aliphatic rings. The molecule has 0 saturated carbocycles. The van der Waals surface area contributed by atoms with Crippen LogP contribution in [0.1, 0.15) is 19.3 Å². The van der Waals surface area contributed by atoms with Crippen LogP contribution in [0.15, 0.2) is 0 Å². The summed E-state index contributed by atoms with van der Waals surface area (Å²) in [4.78, 5) is 0. The zero-order chi connectivity index (χ0) is 10.2. The first-order valence-electron chi connectivity index (χ1n) is 5.60. The molecule has 3 nitrogen and oxygen atoms in total. The van der Waals surface area contributed by atoms with Gasteiger partial charge in [-0.05, 0) is 19.3 Å². The summed E-state index contributed by atoms with van der Waals surface area (Å²) in [5.74, 6) is 0. The van der Waals surface area contributed by atoms with Crippen molar-refractivity contribution in [3.8, 4) is 0 Å². The molecule has 3 atom stereocenters. The quantitative estimate of drug-likeness (QED) is 0.558. The van der Waals surface area contributed by atoms with E-state index in [1.807, 2.05) is 0 Å². The lowest BCUT2D eigenvalue weighted by Gasteiger charge is -2.43. The zero-order valence-electron chi connectivity index (χ0n) is 9.03. The van der Waals surface area contributed by atoms with Gasteiger partial charge in [0.2, 0.25) is 0 Å². The Morgan fingerprint density at radius 2 is 2.14 bits per heavy atom. The molecule has 0 bridgehead atoms. The molecule has 2 fully saturated rings. The van der Waals surface area contributed by atoms with Crippen molar-refractivity contribution in [1.29, 1.82) is 0 Å². The standard InChI is InChI=1S/C10H20O3Si/c1-14(2)10(5-3-4-6-13-10)9(11)8-7-12-8/h8-9,11,14H,3-7H2,1-2H3. The minimum Gasteiger partial charge on any atom is -0.388 e. The first-order chi connectivity index (χ1) is 6.67. The normalized spacial score (nSPS) is 39.9. The third-order valence-electron chi connectivity index (χ3n) is 3.52. The van der Waals surface area contributed by atoms with Gasteiger partial charge in [-0.1, -0.05) is 13.1 Å². The summed E-state index contributed by atoms with van der Waals surface area (Å²) in [5, 5.41) is 10.0. The number of ether oxygens (including phenoxy) is 2. The molecule has 2 saturated heterocycles. The van der Waals surface area contributed by atoms with Gasteiger partial charge in [0.1, 0.15) is 12.2 Å². The average molecular weight is 216 g/mol. The van der Waals surface area contributed by atoms with Gasteiger partial charge in [-0.25, -0.2) is 0 Å². The molecule has 0 radical (unpaired) electrons. The maximum absolute atomic E-state index is 10.2. The van der Waals surface area contributed by atoms with Gasteiger partial charge in [0.05, 0.1) is 20.6 Å². The molecule has 0 spiro atoms. The molecule has 0 amide bonds. The highest BCUT2D eigenvalue weighted by Gasteiger charge is 2.50. The van der Waals surface area contributed by atoms with Crippen molar-refractivity contribution in [2.45, 2.75) is 49.8 Å². The van der Waals surface area contributed by atoms with Crippen molar-refractivity contribution >= 4 is 8.80 Å². The van der Waals surface area contributed by atoms with Crippen LogP contribution >= 0.6 is 0 Å². The number of rotatable bonds is 3. The fraction of sp³-hybridized carbons (Fsp3) is 1.00. The van der Waals surface area contributed by atoms with Gasteiger partial charge in [0, 0.05) is 6.61 Å². The number of hydrogen-bond acceptors (Lipinski definition) is 3.